The third-order valence-electron chi connectivity index (χ3n) is 5.04. The molecule has 0 bridgehead atoms. The van der Waals surface area contributed by atoms with E-state index in [1.165, 1.54) is 24.4 Å². The summed E-state index contributed by atoms with van der Waals surface area (Å²) in [6, 6.07) is 5.30. The Morgan fingerprint density at radius 1 is 1.38 bits per heavy atom. The Morgan fingerprint density at radius 2 is 2.17 bits per heavy atom. The number of carboxylic acids is 1. The summed E-state index contributed by atoms with van der Waals surface area (Å²) >= 11 is 5.87. The normalized spacial score (nSPS) is 18.7. The van der Waals surface area contributed by atoms with Gasteiger partial charge in [0.05, 0.1) is 12.7 Å². The molecule has 1 aliphatic carbocycles. The van der Waals surface area contributed by atoms with Gasteiger partial charge in [-0.25, -0.2) is 14.0 Å². The molecular weight excluding hydrogens is 401 g/mol. The first kappa shape index (κ1) is 21.3. The molecule has 1 N–H and O–H groups in total. The van der Waals surface area contributed by atoms with Gasteiger partial charge in [0.25, 0.3) is 0 Å². The minimum absolute atomic E-state index is 0.0409. The number of carbonyl (C=O) groups is 2. The zero-order chi connectivity index (χ0) is 21.0. The summed E-state index contributed by atoms with van der Waals surface area (Å²) in [5.74, 6) is -1.29. The molecule has 2 aromatic rings. The highest BCUT2D eigenvalue weighted by atomic mass is 35.5. The van der Waals surface area contributed by atoms with Crippen LogP contribution in [-0.2, 0) is 11.3 Å². The van der Waals surface area contributed by atoms with Crippen molar-refractivity contribution < 1.29 is 23.8 Å². The van der Waals surface area contributed by atoms with Crippen LogP contribution in [0.25, 0.3) is 0 Å². The number of nitrogens with zero attached hydrogens (tertiary/aromatic N) is 3. The predicted molar refractivity (Wildman–Crippen MR) is 105 cm³/mol. The lowest BCUT2D eigenvalue weighted by atomic mass is 10.1. The van der Waals surface area contributed by atoms with Crippen LogP contribution in [0.1, 0.15) is 42.2 Å². The smallest absolute Gasteiger partial charge is 0.356 e. The standard InChI is InChI=1S/C20H23ClFN3O4/c1-2-24(20(28)25-6-5-18(23-25)19(26)27)11-13-3-4-17(9-13)29-12-14-7-15(21)10-16(22)8-14/h5-8,10,13,17H,2-4,9,11-12H2,1H3,(H,26,27)/t13-,17+/m0/s1. The third-order valence-corrected chi connectivity index (χ3v) is 5.25. The van der Waals surface area contributed by atoms with Crippen LogP contribution in [-0.4, -0.2) is 51.0 Å². The zero-order valence-corrected chi connectivity index (χ0v) is 16.8. The number of hydrogen-bond acceptors (Lipinski definition) is 4. The van der Waals surface area contributed by atoms with E-state index in [9.17, 15) is 14.0 Å². The molecule has 1 amide bonds. The van der Waals surface area contributed by atoms with Gasteiger partial charge in [-0.15, -0.1) is 0 Å². The number of carbonyl (C=O) groups excluding carboxylic acids is 1. The van der Waals surface area contributed by atoms with Crippen LogP contribution in [0, 0.1) is 11.7 Å². The molecule has 156 valence electrons. The lowest BCUT2D eigenvalue weighted by Crippen LogP contribution is -2.38. The highest BCUT2D eigenvalue weighted by molar-refractivity contribution is 6.30. The molecule has 0 saturated heterocycles. The van der Waals surface area contributed by atoms with Crippen LogP contribution in [0.15, 0.2) is 30.5 Å². The van der Waals surface area contributed by atoms with E-state index in [-0.39, 0.29) is 36.2 Å². The summed E-state index contributed by atoms with van der Waals surface area (Å²) in [6.45, 7) is 3.20. The third kappa shape index (κ3) is 5.55. The molecule has 7 nitrogen and oxygen atoms in total. The van der Waals surface area contributed by atoms with Crippen LogP contribution < -0.4 is 0 Å². The molecule has 0 aliphatic heterocycles. The number of benzene rings is 1. The van der Waals surface area contributed by atoms with Crippen molar-refractivity contribution in [3.63, 3.8) is 0 Å². The van der Waals surface area contributed by atoms with Gasteiger partial charge < -0.3 is 14.7 Å². The molecule has 1 aromatic heterocycles. The average molecular weight is 424 g/mol. The maximum atomic E-state index is 13.4. The van der Waals surface area contributed by atoms with Crippen molar-refractivity contribution in [1.29, 1.82) is 0 Å². The molecule has 29 heavy (non-hydrogen) atoms. The van der Waals surface area contributed by atoms with Crippen molar-refractivity contribution in [2.24, 2.45) is 5.92 Å². The topological polar surface area (TPSA) is 84.7 Å². The summed E-state index contributed by atoms with van der Waals surface area (Å²) in [4.78, 5) is 25.2. The molecule has 0 spiro atoms. The van der Waals surface area contributed by atoms with E-state index in [0.717, 1.165) is 23.9 Å². The SMILES string of the molecule is CCN(C[C@H]1CC[C@@H](OCc2cc(F)cc(Cl)c2)C1)C(=O)n1ccc(C(=O)O)n1. The number of hydrogen-bond donors (Lipinski definition) is 1. The van der Waals surface area contributed by atoms with Gasteiger partial charge in [0.2, 0.25) is 0 Å². The summed E-state index contributed by atoms with van der Waals surface area (Å²) < 4.78 is 20.4. The molecule has 0 radical (unpaired) electrons. The van der Waals surface area contributed by atoms with Gasteiger partial charge in [-0.2, -0.15) is 9.78 Å². The first-order valence-electron chi connectivity index (χ1n) is 9.50. The van der Waals surface area contributed by atoms with Crippen molar-refractivity contribution in [2.45, 2.75) is 38.9 Å². The van der Waals surface area contributed by atoms with Gasteiger partial charge in [0, 0.05) is 24.3 Å². The van der Waals surface area contributed by atoms with E-state index in [1.54, 1.807) is 11.0 Å². The Balaban J connectivity index is 1.52. The second-order valence-corrected chi connectivity index (χ2v) is 7.60. The quantitative estimate of drug-likeness (QED) is 0.726. The van der Waals surface area contributed by atoms with Gasteiger partial charge >= 0.3 is 12.0 Å². The molecule has 0 unspecified atom stereocenters. The van der Waals surface area contributed by atoms with E-state index >= 15 is 0 Å². The van der Waals surface area contributed by atoms with E-state index in [4.69, 9.17) is 21.4 Å². The first-order valence-corrected chi connectivity index (χ1v) is 9.88. The number of amides is 1. The number of halogens is 2. The number of ether oxygens (including phenoxy) is 1. The fraction of sp³-hybridized carbons (Fsp3) is 0.450. The minimum Gasteiger partial charge on any atom is -0.476 e. The fourth-order valence-corrected chi connectivity index (χ4v) is 3.84. The molecule has 2 atom stereocenters. The number of aromatic nitrogens is 2. The monoisotopic (exact) mass is 423 g/mol. The van der Waals surface area contributed by atoms with Crippen molar-refractivity contribution in [3.05, 3.63) is 52.6 Å². The summed E-state index contributed by atoms with van der Waals surface area (Å²) in [5.41, 5.74) is 0.526. The van der Waals surface area contributed by atoms with Gasteiger partial charge in [-0.1, -0.05) is 11.6 Å². The molecule has 1 aliphatic rings. The minimum atomic E-state index is -1.17. The van der Waals surface area contributed by atoms with Crippen LogP contribution in [0.3, 0.4) is 0 Å². The first-order chi connectivity index (χ1) is 13.9. The Hall–Kier alpha value is -2.45. The largest absolute Gasteiger partial charge is 0.476 e. The highest BCUT2D eigenvalue weighted by Crippen LogP contribution is 2.29. The van der Waals surface area contributed by atoms with Gasteiger partial charge in [0.1, 0.15) is 5.82 Å². The summed E-state index contributed by atoms with van der Waals surface area (Å²) in [7, 11) is 0. The van der Waals surface area contributed by atoms with Crippen molar-refractivity contribution in [3.8, 4) is 0 Å². The van der Waals surface area contributed by atoms with Crippen LogP contribution >= 0.6 is 11.6 Å². The Morgan fingerprint density at radius 3 is 2.83 bits per heavy atom. The van der Waals surface area contributed by atoms with Crippen LogP contribution in [0.2, 0.25) is 5.02 Å². The van der Waals surface area contributed by atoms with Crippen LogP contribution in [0.5, 0.6) is 0 Å². The molecule has 9 heteroatoms. The van der Waals surface area contributed by atoms with Crippen molar-refractivity contribution in [1.82, 2.24) is 14.7 Å². The highest BCUT2D eigenvalue weighted by Gasteiger charge is 2.28. The maximum Gasteiger partial charge on any atom is 0.356 e. The van der Waals surface area contributed by atoms with E-state index in [1.807, 2.05) is 6.92 Å². The lowest BCUT2D eigenvalue weighted by Gasteiger charge is -2.24. The zero-order valence-electron chi connectivity index (χ0n) is 16.1. The summed E-state index contributed by atoms with van der Waals surface area (Å²) in [6.07, 6.45) is 3.98. The molecular formula is C20H23ClFN3O4. The Bertz CT molecular complexity index is 868. The molecule has 1 saturated carbocycles. The van der Waals surface area contributed by atoms with Gasteiger partial charge in [-0.05, 0) is 61.9 Å². The lowest BCUT2D eigenvalue weighted by molar-refractivity contribution is 0.0419. The Kier molecular flexibility index (Phi) is 6.87. The predicted octanol–water partition coefficient (Wildman–Crippen LogP) is 4.05. The average Bonchev–Trinajstić information content (AvgIpc) is 3.33. The molecule has 1 heterocycles. The molecule has 3 rings (SSSR count). The summed E-state index contributed by atoms with van der Waals surface area (Å²) in [5, 5.41) is 13.1. The van der Waals surface area contributed by atoms with Crippen LogP contribution in [0.4, 0.5) is 9.18 Å². The molecule has 1 fully saturated rings. The number of rotatable bonds is 7. The van der Waals surface area contributed by atoms with E-state index in [0.29, 0.717) is 23.7 Å². The van der Waals surface area contributed by atoms with E-state index in [2.05, 4.69) is 5.10 Å². The number of aromatic carboxylic acids is 1. The van der Waals surface area contributed by atoms with E-state index < -0.39 is 5.97 Å². The van der Waals surface area contributed by atoms with Gasteiger partial charge in [-0.3, -0.25) is 0 Å². The number of carboxylic acid groups (broad SMARTS) is 1. The Labute approximate surface area is 173 Å². The second kappa shape index (κ2) is 9.37. The van der Waals surface area contributed by atoms with Crippen molar-refractivity contribution >= 4 is 23.6 Å². The maximum absolute atomic E-state index is 13.4. The van der Waals surface area contributed by atoms with Gasteiger partial charge in [0.15, 0.2) is 5.69 Å². The fourth-order valence-electron chi connectivity index (χ4n) is 3.60. The second-order valence-electron chi connectivity index (χ2n) is 7.16. The molecule has 1 aromatic carbocycles. The van der Waals surface area contributed by atoms with Crippen molar-refractivity contribution in [2.75, 3.05) is 13.1 Å².